The van der Waals surface area contributed by atoms with Gasteiger partial charge >= 0.3 is 0 Å². The Morgan fingerprint density at radius 3 is 2.88 bits per heavy atom. The molecule has 1 aromatic heterocycles. The van der Waals surface area contributed by atoms with E-state index in [9.17, 15) is 0 Å². The molecule has 1 aromatic rings. The Bertz CT molecular complexity index is 367. The SMILES string of the molecule is CCCc1nc(C2CCCOC2)c(N)n1CC. The highest BCUT2D eigenvalue weighted by atomic mass is 16.5. The summed E-state index contributed by atoms with van der Waals surface area (Å²) in [6, 6.07) is 0. The highest BCUT2D eigenvalue weighted by molar-refractivity contribution is 5.41. The number of nitrogens with two attached hydrogens (primary N) is 1. The zero-order valence-corrected chi connectivity index (χ0v) is 10.9. The maximum absolute atomic E-state index is 6.22. The van der Waals surface area contributed by atoms with Crippen LogP contribution >= 0.6 is 0 Å². The van der Waals surface area contributed by atoms with Crippen LogP contribution in [-0.2, 0) is 17.7 Å². The van der Waals surface area contributed by atoms with Crippen molar-refractivity contribution in [2.45, 2.75) is 52.0 Å². The van der Waals surface area contributed by atoms with Crippen LogP contribution in [0.4, 0.5) is 5.82 Å². The van der Waals surface area contributed by atoms with E-state index in [4.69, 9.17) is 15.5 Å². The van der Waals surface area contributed by atoms with Gasteiger partial charge in [-0.1, -0.05) is 6.92 Å². The summed E-state index contributed by atoms with van der Waals surface area (Å²) < 4.78 is 7.68. The summed E-state index contributed by atoms with van der Waals surface area (Å²) in [5, 5.41) is 0. The Labute approximate surface area is 103 Å². The van der Waals surface area contributed by atoms with Crippen LogP contribution in [0.3, 0.4) is 0 Å². The van der Waals surface area contributed by atoms with Crippen molar-refractivity contribution in [1.29, 1.82) is 0 Å². The molecular weight excluding hydrogens is 214 g/mol. The molecule has 2 N–H and O–H groups in total. The fourth-order valence-corrected chi connectivity index (χ4v) is 2.56. The summed E-state index contributed by atoms with van der Waals surface area (Å²) in [6.07, 6.45) is 4.38. The van der Waals surface area contributed by atoms with Gasteiger partial charge in [0.15, 0.2) is 0 Å². The first-order valence-electron chi connectivity index (χ1n) is 6.70. The van der Waals surface area contributed by atoms with Crippen molar-refractivity contribution in [2.24, 2.45) is 0 Å². The van der Waals surface area contributed by atoms with Gasteiger partial charge in [0.25, 0.3) is 0 Å². The minimum Gasteiger partial charge on any atom is -0.384 e. The fourth-order valence-electron chi connectivity index (χ4n) is 2.56. The zero-order chi connectivity index (χ0) is 12.3. The molecule has 96 valence electrons. The van der Waals surface area contributed by atoms with E-state index in [2.05, 4.69) is 18.4 Å². The molecule has 0 saturated carbocycles. The van der Waals surface area contributed by atoms with Gasteiger partial charge in [0.2, 0.25) is 0 Å². The molecule has 1 saturated heterocycles. The average Bonchev–Trinajstić information content (AvgIpc) is 2.67. The van der Waals surface area contributed by atoms with Gasteiger partial charge in [0, 0.05) is 25.5 Å². The first-order chi connectivity index (χ1) is 8.27. The van der Waals surface area contributed by atoms with Crippen molar-refractivity contribution in [1.82, 2.24) is 9.55 Å². The van der Waals surface area contributed by atoms with Crippen LogP contribution in [-0.4, -0.2) is 22.8 Å². The number of nitrogen functional groups attached to an aromatic ring is 1. The van der Waals surface area contributed by atoms with Gasteiger partial charge in [0.1, 0.15) is 11.6 Å². The van der Waals surface area contributed by atoms with Crippen molar-refractivity contribution in [3.8, 4) is 0 Å². The Hall–Kier alpha value is -1.03. The molecule has 0 bridgehead atoms. The molecule has 4 nitrogen and oxygen atoms in total. The van der Waals surface area contributed by atoms with Gasteiger partial charge in [-0.2, -0.15) is 0 Å². The Balaban J connectivity index is 2.26. The minimum absolute atomic E-state index is 0.396. The van der Waals surface area contributed by atoms with E-state index in [0.29, 0.717) is 5.92 Å². The third-order valence-corrected chi connectivity index (χ3v) is 3.45. The van der Waals surface area contributed by atoms with Gasteiger partial charge in [-0.3, -0.25) is 0 Å². The van der Waals surface area contributed by atoms with Crippen LogP contribution in [0.15, 0.2) is 0 Å². The van der Waals surface area contributed by atoms with E-state index in [1.165, 1.54) is 0 Å². The lowest BCUT2D eigenvalue weighted by molar-refractivity contribution is 0.0796. The molecule has 0 radical (unpaired) electrons. The molecule has 2 rings (SSSR count). The Morgan fingerprint density at radius 2 is 2.29 bits per heavy atom. The summed E-state index contributed by atoms with van der Waals surface area (Å²) in [5.74, 6) is 2.38. The molecule has 2 heterocycles. The maximum atomic E-state index is 6.22. The third kappa shape index (κ3) is 2.46. The number of ether oxygens (including phenoxy) is 1. The van der Waals surface area contributed by atoms with E-state index in [1.54, 1.807) is 0 Å². The highest BCUT2D eigenvalue weighted by Gasteiger charge is 2.23. The Morgan fingerprint density at radius 1 is 1.47 bits per heavy atom. The molecule has 0 amide bonds. The molecule has 1 aliphatic heterocycles. The van der Waals surface area contributed by atoms with Crippen molar-refractivity contribution in [3.05, 3.63) is 11.5 Å². The second-order valence-electron chi connectivity index (χ2n) is 4.71. The summed E-state index contributed by atoms with van der Waals surface area (Å²) >= 11 is 0. The molecule has 0 spiro atoms. The van der Waals surface area contributed by atoms with Gasteiger partial charge in [-0.15, -0.1) is 0 Å². The summed E-state index contributed by atoms with van der Waals surface area (Å²) in [4.78, 5) is 4.75. The van der Waals surface area contributed by atoms with Crippen LogP contribution in [0.2, 0.25) is 0 Å². The number of nitrogens with zero attached hydrogens (tertiary/aromatic N) is 2. The molecule has 0 aliphatic carbocycles. The molecular formula is C13H23N3O. The van der Waals surface area contributed by atoms with Gasteiger partial charge in [-0.25, -0.2) is 4.98 Å². The number of aryl methyl sites for hydroxylation is 1. The number of anilines is 1. The number of rotatable bonds is 4. The third-order valence-electron chi connectivity index (χ3n) is 3.45. The van der Waals surface area contributed by atoms with E-state index < -0.39 is 0 Å². The molecule has 1 unspecified atom stereocenters. The van der Waals surface area contributed by atoms with Gasteiger partial charge in [-0.05, 0) is 26.2 Å². The number of aromatic nitrogens is 2. The lowest BCUT2D eigenvalue weighted by atomic mass is 9.98. The second-order valence-corrected chi connectivity index (χ2v) is 4.71. The van der Waals surface area contributed by atoms with Crippen molar-refractivity contribution in [3.63, 3.8) is 0 Å². The number of hydrogen-bond donors (Lipinski definition) is 1. The average molecular weight is 237 g/mol. The largest absolute Gasteiger partial charge is 0.384 e. The van der Waals surface area contributed by atoms with Crippen LogP contribution in [0.5, 0.6) is 0 Å². The first kappa shape index (κ1) is 12.4. The van der Waals surface area contributed by atoms with Crippen LogP contribution in [0, 0.1) is 0 Å². The monoisotopic (exact) mass is 237 g/mol. The molecule has 4 heteroatoms. The number of imidazole rings is 1. The summed E-state index contributed by atoms with van der Waals surface area (Å²) in [7, 11) is 0. The first-order valence-corrected chi connectivity index (χ1v) is 6.70. The predicted molar refractivity (Wildman–Crippen MR) is 69.1 cm³/mol. The molecule has 0 aromatic carbocycles. The minimum atomic E-state index is 0.396. The topological polar surface area (TPSA) is 53.1 Å². The quantitative estimate of drug-likeness (QED) is 0.874. The van der Waals surface area contributed by atoms with Crippen molar-refractivity contribution < 1.29 is 4.74 Å². The molecule has 1 atom stereocenters. The maximum Gasteiger partial charge on any atom is 0.127 e. The normalized spacial score (nSPS) is 20.7. The standard InChI is InChI=1S/C13H23N3O/c1-3-6-11-15-12(13(14)16(11)4-2)10-7-5-8-17-9-10/h10H,3-9,14H2,1-2H3. The summed E-state index contributed by atoms with van der Waals surface area (Å²) in [6.45, 7) is 6.86. The lowest BCUT2D eigenvalue weighted by Crippen LogP contribution is -2.17. The van der Waals surface area contributed by atoms with Crippen LogP contribution < -0.4 is 5.73 Å². The van der Waals surface area contributed by atoms with E-state index in [0.717, 1.165) is 62.8 Å². The number of hydrogen-bond acceptors (Lipinski definition) is 3. The lowest BCUT2D eigenvalue weighted by Gasteiger charge is -2.20. The van der Waals surface area contributed by atoms with Gasteiger partial charge < -0.3 is 15.0 Å². The highest BCUT2D eigenvalue weighted by Crippen LogP contribution is 2.30. The second kappa shape index (κ2) is 5.54. The molecule has 1 fully saturated rings. The van der Waals surface area contributed by atoms with E-state index >= 15 is 0 Å². The van der Waals surface area contributed by atoms with Crippen LogP contribution in [0.1, 0.15) is 50.5 Å². The van der Waals surface area contributed by atoms with E-state index in [-0.39, 0.29) is 0 Å². The van der Waals surface area contributed by atoms with Gasteiger partial charge in [0.05, 0.1) is 12.3 Å². The van der Waals surface area contributed by atoms with Crippen molar-refractivity contribution in [2.75, 3.05) is 18.9 Å². The predicted octanol–water partition coefficient (Wildman–Crippen LogP) is 2.33. The van der Waals surface area contributed by atoms with Crippen molar-refractivity contribution >= 4 is 5.82 Å². The van der Waals surface area contributed by atoms with Crippen LogP contribution in [0.25, 0.3) is 0 Å². The summed E-state index contributed by atoms with van der Waals surface area (Å²) in [5.41, 5.74) is 7.29. The van der Waals surface area contributed by atoms with E-state index in [1.807, 2.05) is 0 Å². The Kier molecular flexibility index (Phi) is 4.05. The smallest absolute Gasteiger partial charge is 0.127 e. The molecule has 17 heavy (non-hydrogen) atoms. The fraction of sp³-hybridized carbons (Fsp3) is 0.769. The molecule has 1 aliphatic rings. The zero-order valence-electron chi connectivity index (χ0n) is 10.9.